The monoisotopic (exact) mass is 459 g/mol. The number of nitrogens with zero attached hydrogens (tertiary/aromatic N) is 5. The summed E-state index contributed by atoms with van der Waals surface area (Å²) in [5.41, 5.74) is 1.52. The predicted octanol–water partition coefficient (Wildman–Crippen LogP) is 2.70. The number of carbonyl (C=O) groups excluding carboxylic acids is 2. The summed E-state index contributed by atoms with van der Waals surface area (Å²) in [5.74, 6) is -0.550. The van der Waals surface area contributed by atoms with Crippen molar-refractivity contribution >= 4 is 29.3 Å². The fourth-order valence-electron chi connectivity index (χ4n) is 4.12. The van der Waals surface area contributed by atoms with Gasteiger partial charge in [-0.3, -0.25) is 19.6 Å². The zero-order valence-electron chi connectivity index (χ0n) is 18.0. The van der Waals surface area contributed by atoms with Gasteiger partial charge in [0.25, 0.3) is 5.69 Å². The van der Waals surface area contributed by atoms with Crippen LogP contribution in [0.25, 0.3) is 0 Å². The molecule has 0 saturated carbocycles. The van der Waals surface area contributed by atoms with Crippen molar-refractivity contribution in [2.24, 2.45) is 0 Å². The minimum absolute atomic E-state index is 0.0226. The van der Waals surface area contributed by atoms with Gasteiger partial charge in [-0.25, -0.2) is 4.79 Å². The van der Waals surface area contributed by atoms with Gasteiger partial charge in [0.05, 0.1) is 33.7 Å². The third-order valence-electron chi connectivity index (χ3n) is 5.81. The number of non-ortho nitro benzene ring substituents is 1. The summed E-state index contributed by atoms with van der Waals surface area (Å²) in [4.78, 5) is 37.3. The van der Waals surface area contributed by atoms with Crippen LogP contribution in [0.15, 0.2) is 30.5 Å². The maximum atomic E-state index is 13.1. The number of hydrogen-bond acceptors (Lipinski definition) is 8. The highest BCUT2D eigenvalue weighted by molar-refractivity contribution is 8.01. The summed E-state index contributed by atoms with van der Waals surface area (Å²) in [6.07, 6.45) is 5.27. The molecule has 2 aliphatic rings. The Labute approximate surface area is 189 Å². The Morgan fingerprint density at radius 3 is 2.78 bits per heavy atom. The molecule has 32 heavy (non-hydrogen) atoms. The first-order valence-corrected chi connectivity index (χ1v) is 11.5. The number of β-lactam (4-membered cyclic amide) rings is 1. The molecule has 0 bridgehead atoms. The molecule has 0 unspecified atom stereocenters. The Balaban J connectivity index is 1.46. The van der Waals surface area contributed by atoms with Gasteiger partial charge in [0.2, 0.25) is 5.91 Å². The van der Waals surface area contributed by atoms with E-state index in [0.29, 0.717) is 18.5 Å². The second kappa shape index (κ2) is 8.89. The van der Waals surface area contributed by atoms with Crippen LogP contribution in [-0.4, -0.2) is 52.9 Å². The number of aryl methyl sites for hydroxylation is 1. The lowest BCUT2D eigenvalue weighted by Crippen LogP contribution is -2.58. The van der Waals surface area contributed by atoms with Crippen molar-refractivity contribution in [2.75, 3.05) is 0 Å². The van der Waals surface area contributed by atoms with Crippen molar-refractivity contribution in [3.05, 3.63) is 51.8 Å². The number of benzene rings is 1. The van der Waals surface area contributed by atoms with Crippen molar-refractivity contribution < 1.29 is 19.2 Å². The van der Waals surface area contributed by atoms with Gasteiger partial charge in [-0.05, 0) is 37.5 Å². The van der Waals surface area contributed by atoms with E-state index < -0.39 is 21.7 Å². The number of unbranched alkanes of at least 4 members (excludes halogenated alkanes) is 1. The first-order chi connectivity index (χ1) is 15.3. The molecule has 11 heteroatoms. The van der Waals surface area contributed by atoms with Crippen molar-refractivity contribution in [2.45, 2.75) is 68.8 Å². The number of fused-ring (bicyclic) bond motifs is 1. The number of nitro groups is 1. The minimum atomic E-state index is -0.736. The number of aromatic nitrogens is 3. The molecular formula is C21H25N5O5S. The number of ether oxygens (including phenoxy) is 1. The molecule has 2 aliphatic heterocycles. The third-order valence-corrected chi connectivity index (χ3v) is 7.37. The maximum Gasteiger partial charge on any atom is 0.330 e. The van der Waals surface area contributed by atoms with E-state index in [1.165, 1.54) is 12.1 Å². The highest BCUT2D eigenvalue weighted by Gasteiger charge is 2.61. The number of nitro benzene ring substituents is 1. The summed E-state index contributed by atoms with van der Waals surface area (Å²) in [6, 6.07) is 5.11. The largest absolute Gasteiger partial charge is 0.459 e. The number of amides is 1. The van der Waals surface area contributed by atoms with Crippen LogP contribution in [0, 0.1) is 10.1 Å². The lowest BCUT2D eigenvalue weighted by Gasteiger charge is -2.37. The standard InChI is InChI=1S/C21H25N5O5S/c1-3-4-5-15-11-24(23-22-15)13-21(2)19(25-17(27)10-18(25)32-21)20(28)31-12-14-6-8-16(9-7-14)26(29)30/h6-9,11,18-19H,3-5,10,12-13H2,1-2H3/t18-,19+,21+/m1/s1. The first kappa shape index (κ1) is 22.3. The van der Waals surface area contributed by atoms with E-state index in [1.807, 2.05) is 13.1 Å². The molecule has 170 valence electrons. The SMILES string of the molecule is CCCCc1cn(C[C@]2(C)S[C@@H]3CC(=O)N3[C@H]2C(=O)OCc2ccc([N+](=O)[O-])cc2)nn1. The Morgan fingerprint density at radius 2 is 2.12 bits per heavy atom. The van der Waals surface area contributed by atoms with Crippen LogP contribution < -0.4 is 0 Å². The molecule has 3 atom stereocenters. The van der Waals surface area contributed by atoms with Gasteiger partial charge in [-0.15, -0.1) is 16.9 Å². The van der Waals surface area contributed by atoms with Gasteiger partial charge in [-0.2, -0.15) is 0 Å². The molecule has 4 rings (SSSR count). The third kappa shape index (κ3) is 4.34. The van der Waals surface area contributed by atoms with Crippen LogP contribution in [-0.2, 0) is 33.9 Å². The van der Waals surface area contributed by atoms with E-state index in [-0.39, 0.29) is 23.6 Å². The molecule has 3 heterocycles. The van der Waals surface area contributed by atoms with Crippen molar-refractivity contribution in [1.29, 1.82) is 0 Å². The summed E-state index contributed by atoms with van der Waals surface area (Å²) >= 11 is 1.59. The van der Waals surface area contributed by atoms with Crippen LogP contribution in [0.1, 0.15) is 44.4 Å². The van der Waals surface area contributed by atoms with Gasteiger partial charge in [0.15, 0.2) is 0 Å². The lowest BCUT2D eigenvalue weighted by atomic mass is 9.96. The van der Waals surface area contributed by atoms with Crippen LogP contribution in [0.3, 0.4) is 0 Å². The normalized spacial score (nSPS) is 24.2. The van der Waals surface area contributed by atoms with Crippen molar-refractivity contribution in [3.63, 3.8) is 0 Å². The van der Waals surface area contributed by atoms with Gasteiger partial charge < -0.3 is 9.64 Å². The Hall–Kier alpha value is -2.95. The molecule has 1 aromatic carbocycles. The van der Waals surface area contributed by atoms with Crippen LogP contribution in [0.5, 0.6) is 0 Å². The minimum Gasteiger partial charge on any atom is -0.459 e. The molecule has 0 N–H and O–H groups in total. The zero-order chi connectivity index (χ0) is 22.9. The van der Waals surface area contributed by atoms with Gasteiger partial charge in [0.1, 0.15) is 12.6 Å². The molecule has 10 nitrogen and oxygen atoms in total. The summed E-state index contributed by atoms with van der Waals surface area (Å²) in [5, 5.41) is 19.2. The van der Waals surface area contributed by atoms with E-state index in [4.69, 9.17) is 4.74 Å². The zero-order valence-corrected chi connectivity index (χ0v) is 18.8. The summed E-state index contributed by atoms with van der Waals surface area (Å²) < 4.78 is 6.67. The number of thioether (sulfide) groups is 1. The van der Waals surface area contributed by atoms with Crippen molar-refractivity contribution in [1.82, 2.24) is 19.9 Å². The highest BCUT2D eigenvalue weighted by atomic mass is 32.2. The van der Waals surface area contributed by atoms with Gasteiger partial charge in [-0.1, -0.05) is 18.6 Å². The quantitative estimate of drug-likeness (QED) is 0.243. The first-order valence-electron chi connectivity index (χ1n) is 10.6. The molecule has 1 amide bonds. The van der Waals surface area contributed by atoms with E-state index in [0.717, 1.165) is 25.0 Å². The van der Waals surface area contributed by atoms with Gasteiger partial charge >= 0.3 is 5.97 Å². The van der Waals surface area contributed by atoms with E-state index in [2.05, 4.69) is 17.2 Å². The van der Waals surface area contributed by atoms with E-state index >= 15 is 0 Å². The molecule has 0 radical (unpaired) electrons. The number of rotatable bonds is 9. The highest BCUT2D eigenvalue weighted by Crippen LogP contribution is 2.52. The number of hydrogen-bond donors (Lipinski definition) is 0. The topological polar surface area (TPSA) is 120 Å². The van der Waals surface area contributed by atoms with E-state index in [9.17, 15) is 19.7 Å². The average Bonchev–Trinajstić information content (AvgIpc) is 3.29. The van der Waals surface area contributed by atoms with Crippen molar-refractivity contribution in [3.8, 4) is 0 Å². The Bertz CT molecular complexity index is 1030. The van der Waals surface area contributed by atoms with Crippen LogP contribution in [0.4, 0.5) is 5.69 Å². The van der Waals surface area contributed by atoms with Crippen LogP contribution >= 0.6 is 11.8 Å². The fourth-order valence-corrected chi connectivity index (χ4v) is 5.87. The fraction of sp³-hybridized carbons (Fsp3) is 0.524. The Kier molecular flexibility index (Phi) is 6.18. The van der Waals surface area contributed by atoms with E-state index in [1.54, 1.807) is 33.5 Å². The Morgan fingerprint density at radius 1 is 1.38 bits per heavy atom. The summed E-state index contributed by atoms with van der Waals surface area (Å²) in [6.45, 7) is 4.48. The van der Waals surface area contributed by atoms with Gasteiger partial charge in [0, 0.05) is 18.3 Å². The lowest BCUT2D eigenvalue weighted by molar-refractivity contribution is -0.384. The molecule has 0 aliphatic carbocycles. The molecule has 2 fully saturated rings. The average molecular weight is 460 g/mol. The molecule has 2 aromatic rings. The number of esters is 1. The smallest absolute Gasteiger partial charge is 0.330 e. The van der Waals surface area contributed by atoms with Crippen LogP contribution in [0.2, 0.25) is 0 Å². The molecular weight excluding hydrogens is 434 g/mol. The second-order valence-electron chi connectivity index (χ2n) is 8.34. The molecule has 0 spiro atoms. The predicted molar refractivity (Wildman–Crippen MR) is 117 cm³/mol. The second-order valence-corrected chi connectivity index (χ2v) is 10.0. The number of carbonyl (C=O) groups is 2. The summed E-state index contributed by atoms with van der Waals surface area (Å²) in [7, 11) is 0. The maximum absolute atomic E-state index is 13.1. The molecule has 1 aromatic heterocycles. The molecule has 2 saturated heterocycles.